The van der Waals surface area contributed by atoms with Crippen molar-refractivity contribution in [3.8, 4) is 0 Å². The topological polar surface area (TPSA) is 15.4 Å². The predicted octanol–water partition coefficient (Wildman–Crippen LogP) is 0.743. The summed E-state index contributed by atoms with van der Waals surface area (Å²) in [6, 6.07) is 0. The Balaban J connectivity index is 2.45. The molecule has 0 bridgehead atoms. The van der Waals surface area contributed by atoms with Crippen molar-refractivity contribution in [2.75, 3.05) is 19.3 Å². The molecule has 0 aromatic carbocycles. The van der Waals surface area contributed by atoms with E-state index in [-0.39, 0.29) is 0 Å². The molecule has 0 atom stereocenters. The molecule has 0 fully saturated rings. The maximum absolute atomic E-state index is 4.03. The first-order valence-electron chi connectivity index (χ1n) is 1.93. The third-order valence-electron chi connectivity index (χ3n) is 0.669. The van der Waals surface area contributed by atoms with Gasteiger partial charge in [-0.1, -0.05) is 4.10 Å². The highest BCUT2D eigenvalue weighted by molar-refractivity contribution is 7.93. The molecule has 2 nitrogen and oxygen atoms in total. The van der Waals surface area contributed by atoms with Crippen LogP contribution in [0, 0.1) is 0 Å². The summed E-state index contributed by atoms with van der Waals surface area (Å²) in [5.41, 5.74) is 0. The molecule has 6 heavy (non-hydrogen) atoms. The fraction of sp³-hybridized carbons (Fsp3) is 1.00. The molecule has 0 aliphatic carbocycles. The molecule has 0 N–H and O–H groups in total. The third-order valence-corrected chi connectivity index (χ3v) is 1.52. The van der Waals surface area contributed by atoms with E-state index in [1.807, 2.05) is 11.2 Å². The average Bonchev–Trinajstić information content (AvgIpc) is 1.86. The second-order valence-corrected chi connectivity index (χ2v) is 2.36. The van der Waals surface area contributed by atoms with Gasteiger partial charge in [0.05, 0.1) is 5.75 Å². The lowest BCUT2D eigenvalue weighted by Gasteiger charge is -1.67. The van der Waals surface area contributed by atoms with Crippen LogP contribution in [0.5, 0.6) is 0 Å². The van der Waals surface area contributed by atoms with E-state index in [0.29, 0.717) is 0 Å². The summed E-state index contributed by atoms with van der Waals surface area (Å²) in [5.74, 6) is 1.16. The molecule has 0 saturated carbocycles. The molecule has 0 saturated heterocycles. The standard InChI is InChI=1S/C3H7N2S/c1-5-4-2-3-6-5/h2-3H2,1H3/q+1. The zero-order chi connectivity index (χ0) is 4.41. The minimum atomic E-state index is 1.00. The van der Waals surface area contributed by atoms with Gasteiger partial charge in [0.25, 0.3) is 0 Å². The van der Waals surface area contributed by atoms with Crippen LogP contribution in [0.15, 0.2) is 5.11 Å². The van der Waals surface area contributed by atoms with Gasteiger partial charge < -0.3 is 0 Å². The van der Waals surface area contributed by atoms with Crippen molar-refractivity contribution >= 4 is 11.9 Å². The van der Waals surface area contributed by atoms with E-state index in [4.69, 9.17) is 0 Å². The molecule has 1 heterocycles. The summed E-state index contributed by atoms with van der Waals surface area (Å²) in [4.78, 5) is 0. The van der Waals surface area contributed by atoms with E-state index in [2.05, 4.69) is 5.11 Å². The van der Waals surface area contributed by atoms with Crippen molar-refractivity contribution in [2.45, 2.75) is 0 Å². The quantitative estimate of drug-likeness (QED) is 0.326. The Kier molecular flexibility index (Phi) is 1.10. The van der Waals surface area contributed by atoms with Crippen molar-refractivity contribution in [2.24, 2.45) is 5.11 Å². The Morgan fingerprint density at radius 3 is 2.83 bits per heavy atom. The first-order chi connectivity index (χ1) is 2.89. The normalized spacial score (nSPS) is 21.2. The third kappa shape index (κ3) is 0.712. The van der Waals surface area contributed by atoms with E-state index in [1.54, 1.807) is 11.9 Å². The smallest absolute Gasteiger partial charge is 0.0583 e. The Labute approximate surface area is 41.4 Å². The largest absolute Gasteiger partial charge is 0.188 e. The summed E-state index contributed by atoms with van der Waals surface area (Å²) in [6.45, 7) is 1.00. The van der Waals surface area contributed by atoms with Crippen LogP contribution >= 0.6 is 11.9 Å². The fourth-order valence-corrected chi connectivity index (χ4v) is 0.986. The molecule has 34 valence electrons. The van der Waals surface area contributed by atoms with E-state index in [9.17, 15) is 0 Å². The van der Waals surface area contributed by atoms with Gasteiger partial charge in [0, 0.05) is 0 Å². The van der Waals surface area contributed by atoms with Crippen molar-refractivity contribution in [1.82, 2.24) is 0 Å². The molecule has 1 aliphatic heterocycles. The summed E-state index contributed by atoms with van der Waals surface area (Å²) in [7, 11) is 1.97. The molecule has 0 spiro atoms. The second kappa shape index (κ2) is 1.60. The maximum atomic E-state index is 4.03. The van der Waals surface area contributed by atoms with E-state index in [1.165, 1.54) is 0 Å². The van der Waals surface area contributed by atoms with E-state index >= 15 is 0 Å². The van der Waals surface area contributed by atoms with Gasteiger partial charge in [0.15, 0.2) is 19.0 Å². The Morgan fingerprint density at radius 2 is 2.67 bits per heavy atom. The number of rotatable bonds is 0. The van der Waals surface area contributed by atoms with Crippen LogP contribution in [0.25, 0.3) is 0 Å². The fourth-order valence-electron chi connectivity index (χ4n) is 0.395. The monoisotopic (exact) mass is 103 g/mol. The second-order valence-electron chi connectivity index (χ2n) is 1.16. The van der Waals surface area contributed by atoms with Crippen LogP contribution in [0.1, 0.15) is 0 Å². The molecule has 0 aromatic rings. The van der Waals surface area contributed by atoms with Crippen molar-refractivity contribution in [3.63, 3.8) is 0 Å². The lowest BCUT2D eigenvalue weighted by atomic mass is 10.8. The molecule has 1 aliphatic rings. The maximum Gasteiger partial charge on any atom is 0.188 e. The summed E-state index contributed by atoms with van der Waals surface area (Å²) >= 11 is 1.76. The van der Waals surface area contributed by atoms with Gasteiger partial charge in [0.2, 0.25) is 0 Å². The molecule has 0 aromatic heterocycles. The molecule has 0 unspecified atom stereocenters. The van der Waals surface area contributed by atoms with Crippen molar-refractivity contribution in [1.29, 1.82) is 0 Å². The first kappa shape index (κ1) is 4.12. The van der Waals surface area contributed by atoms with Crippen LogP contribution in [0.4, 0.5) is 0 Å². The van der Waals surface area contributed by atoms with Gasteiger partial charge in [-0.05, 0) is 5.11 Å². The zero-order valence-electron chi connectivity index (χ0n) is 3.72. The van der Waals surface area contributed by atoms with Crippen LogP contribution in [0.3, 0.4) is 0 Å². The number of nitrogens with zero attached hydrogens (tertiary/aromatic N) is 2. The summed E-state index contributed by atoms with van der Waals surface area (Å²) < 4.78 is 1.90. The lowest BCUT2D eigenvalue weighted by Crippen LogP contribution is -1.78. The van der Waals surface area contributed by atoms with E-state index in [0.717, 1.165) is 12.3 Å². The van der Waals surface area contributed by atoms with Gasteiger partial charge >= 0.3 is 0 Å². The Bertz CT molecular complexity index is 78.9. The highest BCUT2D eigenvalue weighted by Crippen LogP contribution is 2.06. The SMILES string of the molecule is C[N+]1=NCCS1. The Hall–Kier alpha value is -0.0500. The molecular formula is C3H7N2S+. The number of hydrogen-bond acceptors (Lipinski definition) is 2. The van der Waals surface area contributed by atoms with E-state index < -0.39 is 0 Å². The minimum Gasteiger partial charge on any atom is -0.0583 e. The van der Waals surface area contributed by atoms with Gasteiger partial charge in [-0.2, -0.15) is 0 Å². The summed E-state index contributed by atoms with van der Waals surface area (Å²) in [6.07, 6.45) is 0. The highest BCUT2D eigenvalue weighted by atomic mass is 32.2. The zero-order valence-corrected chi connectivity index (χ0v) is 4.53. The molecular weight excluding hydrogens is 96.1 g/mol. The molecule has 3 heteroatoms. The van der Waals surface area contributed by atoms with Crippen LogP contribution in [-0.4, -0.2) is 23.4 Å². The van der Waals surface area contributed by atoms with Gasteiger partial charge in [-0.25, -0.2) is 0 Å². The lowest BCUT2D eigenvalue weighted by molar-refractivity contribution is -0.384. The van der Waals surface area contributed by atoms with Gasteiger partial charge in [-0.15, -0.1) is 0 Å². The van der Waals surface area contributed by atoms with Crippen LogP contribution in [-0.2, 0) is 0 Å². The average molecular weight is 103 g/mol. The molecule has 1 rings (SSSR count). The van der Waals surface area contributed by atoms with Crippen molar-refractivity contribution in [3.05, 3.63) is 0 Å². The predicted molar refractivity (Wildman–Crippen MR) is 25.9 cm³/mol. The highest BCUT2D eigenvalue weighted by Gasteiger charge is 2.07. The first-order valence-corrected chi connectivity index (χ1v) is 2.88. The summed E-state index contributed by atoms with van der Waals surface area (Å²) in [5, 5.41) is 4.03. The molecule has 0 amide bonds. The minimum absolute atomic E-state index is 1.00. The van der Waals surface area contributed by atoms with Gasteiger partial charge in [-0.3, -0.25) is 0 Å². The van der Waals surface area contributed by atoms with Crippen LogP contribution < -0.4 is 0 Å². The number of hydrogen-bond donors (Lipinski definition) is 0. The number of azo groups is 1. The molecule has 0 radical (unpaired) electrons. The van der Waals surface area contributed by atoms with Gasteiger partial charge in [0.1, 0.15) is 6.54 Å². The Morgan fingerprint density at radius 1 is 1.83 bits per heavy atom. The van der Waals surface area contributed by atoms with Crippen molar-refractivity contribution < 1.29 is 4.10 Å². The van der Waals surface area contributed by atoms with Crippen LogP contribution in [0.2, 0.25) is 0 Å².